The SMILES string of the molecule is OCc1nncn1Cc1ccc(F)c(F)c1. The van der Waals surface area contributed by atoms with Crippen molar-refractivity contribution in [3.63, 3.8) is 0 Å². The van der Waals surface area contributed by atoms with Crippen molar-refractivity contribution in [2.45, 2.75) is 13.2 Å². The second-order valence-corrected chi connectivity index (χ2v) is 3.28. The van der Waals surface area contributed by atoms with E-state index in [1.54, 1.807) is 4.57 Å². The molecule has 0 aliphatic carbocycles. The van der Waals surface area contributed by atoms with Crippen LogP contribution in [-0.2, 0) is 13.2 Å². The van der Waals surface area contributed by atoms with Gasteiger partial charge >= 0.3 is 0 Å². The molecule has 0 saturated heterocycles. The van der Waals surface area contributed by atoms with Crippen molar-refractivity contribution in [3.05, 3.63) is 47.5 Å². The van der Waals surface area contributed by atoms with Crippen molar-refractivity contribution >= 4 is 0 Å². The Labute approximate surface area is 90.2 Å². The third-order valence-corrected chi connectivity index (χ3v) is 2.17. The smallest absolute Gasteiger partial charge is 0.159 e. The fourth-order valence-electron chi connectivity index (χ4n) is 1.37. The molecule has 0 aliphatic rings. The van der Waals surface area contributed by atoms with Crippen LogP contribution in [0.1, 0.15) is 11.4 Å². The number of hydrogen-bond acceptors (Lipinski definition) is 3. The standard InChI is InChI=1S/C10H9F2N3O/c11-8-2-1-7(3-9(8)12)4-15-6-13-14-10(15)5-16/h1-3,6,16H,4-5H2. The third-order valence-electron chi connectivity index (χ3n) is 2.17. The largest absolute Gasteiger partial charge is 0.388 e. The van der Waals surface area contributed by atoms with Crippen LogP contribution in [0, 0.1) is 11.6 Å². The minimum absolute atomic E-state index is 0.246. The number of aliphatic hydroxyl groups excluding tert-OH is 1. The lowest BCUT2D eigenvalue weighted by molar-refractivity contribution is 0.265. The van der Waals surface area contributed by atoms with Crippen LogP contribution in [0.15, 0.2) is 24.5 Å². The lowest BCUT2D eigenvalue weighted by atomic mass is 10.2. The first-order valence-corrected chi connectivity index (χ1v) is 4.62. The molecule has 1 aromatic carbocycles. The van der Waals surface area contributed by atoms with Crippen LogP contribution in [0.25, 0.3) is 0 Å². The lowest BCUT2D eigenvalue weighted by Gasteiger charge is -2.05. The van der Waals surface area contributed by atoms with Crippen LogP contribution in [0.3, 0.4) is 0 Å². The normalized spacial score (nSPS) is 10.7. The van der Waals surface area contributed by atoms with Gasteiger partial charge in [-0.1, -0.05) is 6.07 Å². The van der Waals surface area contributed by atoms with E-state index >= 15 is 0 Å². The van der Waals surface area contributed by atoms with Crippen molar-refractivity contribution in [3.8, 4) is 0 Å². The first-order valence-electron chi connectivity index (χ1n) is 4.62. The van der Waals surface area contributed by atoms with Gasteiger partial charge in [-0.15, -0.1) is 10.2 Å². The summed E-state index contributed by atoms with van der Waals surface area (Å²) in [5.41, 5.74) is 0.577. The summed E-state index contributed by atoms with van der Waals surface area (Å²) < 4.78 is 27.2. The zero-order valence-corrected chi connectivity index (χ0v) is 8.27. The van der Waals surface area contributed by atoms with Crippen molar-refractivity contribution in [2.24, 2.45) is 0 Å². The molecule has 0 atom stereocenters. The molecule has 0 fully saturated rings. The summed E-state index contributed by atoms with van der Waals surface area (Å²) >= 11 is 0. The summed E-state index contributed by atoms with van der Waals surface area (Å²) in [5.74, 6) is -1.39. The molecule has 0 amide bonds. The molecule has 84 valence electrons. The molecule has 6 heteroatoms. The lowest BCUT2D eigenvalue weighted by Crippen LogP contribution is -2.04. The van der Waals surface area contributed by atoms with E-state index in [-0.39, 0.29) is 6.61 Å². The van der Waals surface area contributed by atoms with Crippen molar-refractivity contribution in [1.29, 1.82) is 0 Å². The Morgan fingerprint density at radius 1 is 1.25 bits per heavy atom. The Morgan fingerprint density at radius 2 is 2.06 bits per heavy atom. The first kappa shape index (κ1) is 10.7. The Kier molecular flexibility index (Phi) is 2.91. The molecular weight excluding hydrogens is 216 g/mol. The fourth-order valence-corrected chi connectivity index (χ4v) is 1.37. The molecule has 2 aromatic rings. The van der Waals surface area contributed by atoms with Gasteiger partial charge < -0.3 is 9.67 Å². The monoisotopic (exact) mass is 225 g/mol. The molecule has 1 heterocycles. The topological polar surface area (TPSA) is 50.9 Å². The predicted molar refractivity (Wildman–Crippen MR) is 51.4 cm³/mol. The van der Waals surface area contributed by atoms with E-state index in [4.69, 9.17) is 5.11 Å². The van der Waals surface area contributed by atoms with E-state index in [1.165, 1.54) is 12.4 Å². The highest BCUT2D eigenvalue weighted by Crippen LogP contribution is 2.10. The minimum atomic E-state index is -0.892. The Bertz CT molecular complexity index is 499. The summed E-state index contributed by atoms with van der Waals surface area (Å²) in [6.07, 6.45) is 1.42. The first-order chi connectivity index (χ1) is 7.70. The quantitative estimate of drug-likeness (QED) is 0.850. The van der Waals surface area contributed by atoms with Gasteiger partial charge in [0.25, 0.3) is 0 Å². The summed E-state index contributed by atoms with van der Waals surface area (Å²) in [4.78, 5) is 0. The van der Waals surface area contributed by atoms with E-state index in [1.807, 2.05) is 0 Å². The van der Waals surface area contributed by atoms with Crippen molar-refractivity contribution < 1.29 is 13.9 Å². The van der Waals surface area contributed by atoms with Crippen molar-refractivity contribution in [1.82, 2.24) is 14.8 Å². The molecule has 4 nitrogen and oxygen atoms in total. The number of nitrogens with zero attached hydrogens (tertiary/aromatic N) is 3. The molecule has 16 heavy (non-hydrogen) atoms. The van der Waals surface area contributed by atoms with Gasteiger partial charge in [-0.3, -0.25) is 0 Å². The predicted octanol–water partition coefficient (Wildman–Crippen LogP) is 1.10. The molecule has 0 saturated carbocycles. The summed E-state index contributed by atoms with van der Waals surface area (Å²) in [5, 5.41) is 16.2. The Hall–Kier alpha value is -1.82. The van der Waals surface area contributed by atoms with Gasteiger partial charge in [0.05, 0.1) is 6.54 Å². The van der Waals surface area contributed by atoms with Gasteiger partial charge in [0, 0.05) is 0 Å². The average Bonchev–Trinajstić information content (AvgIpc) is 2.71. The van der Waals surface area contributed by atoms with E-state index in [2.05, 4.69) is 10.2 Å². The van der Waals surface area contributed by atoms with Crippen LogP contribution >= 0.6 is 0 Å². The molecule has 1 N–H and O–H groups in total. The fraction of sp³-hybridized carbons (Fsp3) is 0.200. The van der Waals surface area contributed by atoms with Crippen LogP contribution in [-0.4, -0.2) is 19.9 Å². The molecule has 0 radical (unpaired) electrons. The second-order valence-electron chi connectivity index (χ2n) is 3.28. The molecule has 0 bridgehead atoms. The molecule has 0 spiro atoms. The van der Waals surface area contributed by atoms with Crippen LogP contribution in [0.4, 0.5) is 8.78 Å². The van der Waals surface area contributed by atoms with Gasteiger partial charge in [0.15, 0.2) is 17.5 Å². The highest BCUT2D eigenvalue weighted by Gasteiger charge is 2.06. The highest BCUT2D eigenvalue weighted by molar-refractivity contribution is 5.18. The highest BCUT2D eigenvalue weighted by atomic mass is 19.2. The zero-order chi connectivity index (χ0) is 11.5. The van der Waals surface area contributed by atoms with E-state index in [9.17, 15) is 8.78 Å². The van der Waals surface area contributed by atoms with Crippen LogP contribution < -0.4 is 0 Å². The molecule has 1 aromatic heterocycles. The van der Waals surface area contributed by atoms with E-state index in [0.29, 0.717) is 17.9 Å². The maximum Gasteiger partial charge on any atom is 0.159 e. The third kappa shape index (κ3) is 2.06. The Morgan fingerprint density at radius 3 is 2.75 bits per heavy atom. The number of rotatable bonds is 3. The maximum absolute atomic E-state index is 12.9. The molecule has 0 unspecified atom stereocenters. The molecule has 2 rings (SSSR count). The van der Waals surface area contributed by atoms with Gasteiger partial charge in [-0.2, -0.15) is 0 Å². The average molecular weight is 225 g/mol. The minimum Gasteiger partial charge on any atom is -0.388 e. The molecule has 0 aliphatic heterocycles. The number of aliphatic hydroxyl groups is 1. The van der Waals surface area contributed by atoms with Crippen LogP contribution in [0.5, 0.6) is 0 Å². The summed E-state index contributed by atoms with van der Waals surface area (Å²) in [6.45, 7) is 0.0454. The maximum atomic E-state index is 12.9. The number of aromatic nitrogens is 3. The van der Waals surface area contributed by atoms with Crippen molar-refractivity contribution in [2.75, 3.05) is 0 Å². The summed E-state index contributed by atoms with van der Waals surface area (Å²) in [7, 11) is 0. The zero-order valence-electron chi connectivity index (χ0n) is 8.27. The van der Waals surface area contributed by atoms with Gasteiger partial charge in [-0.25, -0.2) is 8.78 Å². The van der Waals surface area contributed by atoms with Gasteiger partial charge in [-0.05, 0) is 17.7 Å². The van der Waals surface area contributed by atoms with Gasteiger partial charge in [0.2, 0.25) is 0 Å². The second kappa shape index (κ2) is 4.36. The van der Waals surface area contributed by atoms with Crippen LogP contribution in [0.2, 0.25) is 0 Å². The number of halogens is 2. The van der Waals surface area contributed by atoms with Gasteiger partial charge in [0.1, 0.15) is 12.9 Å². The van der Waals surface area contributed by atoms with E-state index < -0.39 is 11.6 Å². The molecular formula is C10H9F2N3O. The van der Waals surface area contributed by atoms with E-state index in [0.717, 1.165) is 12.1 Å². The number of benzene rings is 1. The number of hydrogen-bond donors (Lipinski definition) is 1. The summed E-state index contributed by atoms with van der Waals surface area (Å²) in [6, 6.07) is 3.64. The Balaban J connectivity index is 2.24.